The number of hydrogen-bond donors (Lipinski definition) is 0. The third kappa shape index (κ3) is 3.67. The fourth-order valence-electron chi connectivity index (χ4n) is 1.50. The second kappa shape index (κ2) is 6.09. The minimum Gasteiger partial charge on any atom is -0.494 e. The van der Waals surface area contributed by atoms with Crippen molar-refractivity contribution in [3.63, 3.8) is 0 Å². The van der Waals surface area contributed by atoms with Crippen LogP contribution >= 0.6 is 11.6 Å². The Morgan fingerprint density at radius 3 is 2.56 bits per heavy atom. The molecule has 1 aromatic carbocycles. The molecule has 1 unspecified atom stereocenters. The fraction of sp³-hybridized carbons (Fsp3) is 0.538. The highest BCUT2D eigenvalue weighted by molar-refractivity contribution is 6.20. The number of aryl methyl sites for hydroxylation is 1. The maximum atomic E-state index is 13.4. The van der Waals surface area contributed by atoms with Crippen molar-refractivity contribution in [2.45, 2.75) is 32.1 Å². The van der Waals surface area contributed by atoms with E-state index >= 15 is 0 Å². The molecule has 0 saturated carbocycles. The lowest BCUT2D eigenvalue weighted by Crippen LogP contribution is -2.08. The van der Waals surface area contributed by atoms with Crippen LogP contribution in [0.2, 0.25) is 0 Å². The van der Waals surface area contributed by atoms with E-state index in [1.165, 1.54) is 13.2 Å². The maximum Gasteiger partial charge on any atom is 0.165 e. The number of hydrogen-bond acceptors (Lipinski definition) is 1. The van der Waals surface area contributed by atoms with Crippen LogP contribution in [0.5, 0.6) is 5.75 Å². The van der Waals surface area contributed by atoms with E-state index in [-0.39, 0.29) is 16.9 Å². The Morgan fingerprint density at radius 1 is 1.38 bits per heavy atom. The van der Waals surface area contributed by atoms with Gasteiger partial charge in [0.2, 0.25) is 0 Å². The van der Waals surface area contributed by atoms with Crippen LogP contribution in [-0.2, 0) is 6.42 Å². The molecule has 3 heteroatoms. The molecule has 0 fully saturated rings. The molecule has 0 aliphatic carbocycles. The van der Waals surface area contributed by atoms with Crippen molar-refractivity contribution in [2.24, 2.45) is 5.92 Å². The molecule has 1 rings (SSSR count). The SMILES string of the molecule is COc1ccc(CCC(Cl)C(C)C)cc1F. The summed E-state index contributed by atoms with van der Waals surface area (Å²) >= 11 is 6.15. The van der Waals surface area contributed by atoms with Gasteiger partial charge in [-0.15, -0.1) is 11.6 Å². The molecule has 0 saturated heterocycles. The van der Waals surface area contributed by atoms with E-state index in [1.807, 2.05) is 6.07 Å². The summed E-state index contributed by atoms with van der Waals surface area (Å²) in [6.45, 7) is 4.18. The minimum atomic E-state index is -0.310. The van der Waals surface area contributed by atoms with Gasteiger partial charge in [0.05, 0.1) is 7.11 Å². The van der Waals surface area contributed by atoms with Crippen LogP contribution in [-0.4, -0.2) is 12.5 Å². The lowest BCUT2D eigenvalue weighted by molar-refractivity contribution is 0.386. The molecule has 0 aromatic heterocycles. The number of alkyl halides is 1. The lowest BCUT2D eigenvalue weighted by Gasteiger charge is -2.13. The van der Waals surface area contributed by atoms with Gasteiger partial charge in [-0.1, -0.05) is 19.9 Å². The third-order valence-corrected chi connectivity index (χ3v) is 3.37. The monoisotopic (exact) mass is 244 g/mol. The molecule has 0 amide bonds. The Labute approximate surface area is 102 Å². The summed E-state index contributed by atoms with van der Waals surface area (Å²) in [5, 5.41) is 0.144. The van der Waals surface area contributed by atoms with Gasteiger partial charge in [-0.25, -0.2) is 4.39 Å². The van der Waals surface area contributed by atoms with Crippen molar-refractivity contribution in [2.75, 3.05) is 7.11 Å². The van der Waals surface area contributed by atoms with Crippen molar-refractivity contribution in [3.05, 3.63) is 29.6 Å². The zero-order chi connectivity index (χ0) is 12.1. The first-order valence-electron chi connectivity index (χ1n) is 5.51. The summed E-state index contributed by atoms with van der Waals surface area (Å²) in [7, 11) is 1.46. The van der Waals surface area contributed by atoms with E-state index in [0.717, 1.165) is 18.4 Å². The number of halogens is 2. The third-order valence-electron chi connectivity index (χ3n) is 2.65. The predicted octanol–water partition coefficient (Wildman–Crippen LogP) is 4.03. The van der Waals surface area contributed by atoms with Gasteiger partial charge in [-0.3, -0.25) is 0 Å². The summed E-state index contributed by atoms with van der Waals surface area (Å²) in [6.07, 6.45) is 1.66. The first-order valence-corrected chi connectivity index (χ1v) is 5.94. The van der Waals surface area contributed by atoms with Crippen molar-refractivity contribution >= 4 is 11.6 Å². The number of rotatable bonds is 5. The molecule has 0 bridgehead atoms. The van der Waals surface area contributed by atoms with Crippen LogP contribution in [0.1, 0.15) is 25.8 Å². The molecule has 0 N–H and O–H groups in total. The predicted molar refractivity (Wildman–Crippen MR) is 65.8 cm³/mol. The number of ether oxygens (including phenoxy) is 1. The molecule has 0 heterocycles. The number of benzene rings is 1. The number of methoxy groups -OCH3 is 1. The van der Waals surface area contributed by atoms with E-state index in [4.69, 9.17) is 16.3 Å². The Balaban J connectivity index is 2.58. The Hall–Kier alpha value is -0.760. The van der Waals surface area contributed by atoms with Gasteiger partial charge < -0.3 is 4.74 Å². The highest BCUT2D eigenvalue weighted by Crippen LogP contribution is 2.21. The van der Waals surface area contributed by atoms with Gasteiger partial charge in [0, 0.05) is 5.38 Å². The van der Waals surface area contributed by atoms with Gasteiger partial charge in [0.25, 0.3) is 0 Å². The second-order valence-electron chi connectivity index (χ2n) is 4.27. The molecule has 1 atom stereocenters. The minimum absolute atomic E-state index is 0.144. The Morgan fingerprint density at radius 2 is 2.06 bits per heavy atom. The van der Waals surface area contributed by atoms with Crippen LogP contribution in [0.25, 0.3) is 0 Å². The normalized spacial score (nSPS) is 12.9. The molecular formula is C13H18ClFO. The van der Waals surface area contributed by atoms with Crippen LogP contribution in [0.4, 0.5) is 4.39 Å². The maximum absolute atomic E-state index is 13.4. The summed E-state index contributed by atoms with van der Waals surface area (Å²) in [5.74, 6) is 0.426. The first-order chi connectivity index (χ1) is 7.54. The zero-order valence-electron chi connectivity index (χ0n) is 9.97. The van der Waals surface area contributed by atoms with Crippen LogP contribution in [0, 0.1) is 11.7 Å². The van der Waals surface area contributed by atoms with Gasteiger partial charge >= 0.3 is 0 Å². The van der Waals surface area contributed by atoms with Crippen molar-refractivity contribution in [1.29, 1.82) is 0 Å². The topological polar surface area (TPSA) is 9.23 Å². The van der Waals surface area contributed by atoms with Gasteiger partial charge in [0.15, 0.2) is 11.6 Å². The van der Waals surface area contributed by atoms with Gasteiger partial charge in [-0.05, 0) is 36.5 Å². The molecule has 0 aliphatic rings. The van der Waals surface area contributed by atoms with E-state index < -0.39 is 0 Å². The highest BCUT2D eigenvalue weighted by Gasteiger charge is 2.10. The lowest BCUT2D eigenvalue weighted by atomic mass is 10.0. The van der Waals surface area contributed by atoms with Crippen LogP contribution in [0.15, 0.2) is 18.2 Å². The Bertz CT molecular complexity index is 339. The van der Waals surface area contributed by atoms with E-state index in [0.29, 0.717) is 5.92 Å². The highest BCUT2D eigenvalue weighted by atomic mass is 35.5. The standard InChI is InChI=1S/C13H18ClFO/c1-9(2)11(14)6-4-10-5-7-13(16-3)12(15)8-10/h5,7-9,11H,4,6H2,1-3H3. The molecular weight excluding hydrogens is 227 g/mol. The van der Waals surface area contributed by atoms with Crippen LogP contribution in [0.3, 0.4) is 0 Å². The van der Waals surface area contributed by atoms with E-state index in [2.05, 4.69) is 13.8 Å². The molecule has 0 radical (unpaired) electrons. The molecule has 1 aromatic rings. The average molecular weight is 245 g/mol. The summed E-state index contributed by atoms with van der Waals surface area (Å²) in [4.78, 5) is 0. The molecule has 0 spiro atoms. The average Bonchev–Trinajstić information content (AvgIpc) is 2.25. The summed E-state index contributed by atoms with van der Waals surface area (Å²) in [5.41, 5.74) is 0.963. The smallest absolute Gasteiger partial charge is 0.165 e. The first kappa shape index (κ1) is 13.3. The van der Waals surface area contributed by atoms with E-state index in [1.54, 1.807) is 6.07 Å². The molecule has 90 valence electrons. The summed E-state index contributed by atoms with van der Waals surface area (Å²) in [6, 6.07) is 5.05. The van der Waals surface area contributed by atoms with Crippen LogP contribution < -0.4 is 4.74 Å². The molecule has 1 nitrogen and oxygen atoms in total. The summed E-state index contributed by atoms with van der Waals surface area (Å²) < 4.78 is 18.2. The largest absolute Gasteiger partial charge is 0.494 e. The van der Waals surface area contributed by atoms with Crippen molar-refractivity contribution in [3.8, 4) is 5.75 Å². The van der Waals surface area contributed by atoms with Gasteiger partial charge in [-0.2, -0.15) is 0 Å². The van der Waals surface area contributed by atoms with Crippen molar-refractivity contribution in [1.82, 2.24) is 0 Å². The quantitative estimate of drug-likeness (QED) is 0.711. The molecule has 0 aliphatic heterocycles. The zero-order valence-corrected chi connectivity index (χ0v) is 10.7. The van der Waals surface area contributed by atoms with Crippen molar-refractivity contribution < 1.29 is 9.13 Å². The van der Waals surface area contributed by atoms with E-state index in [9.17, 15) is 4.39 Å². The molecule has 16 heavy (non-hydrogen) atoms. The van der Waals surface area contributed by atoms with Gasteiger partial charge in [0.1, 0.15) is 0 Å². The fourth-order valence-corrected chi connectivity index (χ4v) is 1.61. The second-order valence-corrected chi connectivity index (χ2v) is 4.83. The Kier molecular flexibility index (Phi) is 5.07.